The highest BCUT2D eigenvalue weighted by atomic mass is 35.5. The molecule has 2 saturated heterocycles. The van der Waals surface area contributed by atoms with Crippen molar-refractivity contribution in [2.45, 2.75) is 59.0 Å². The van der Waals surface area contributed by atoms with Gasteiger partial charge in [0.2, 0.25) is 11.8 Å². The van der Waals surface area contributed by atoms with Gasteiger partial charge in [-0.1, -0.05) is 72.4 Å². The average Bonchev–Trinajstić information content (AvgIpc) is 2.88. The first-order valence-electron chi connectivity index (χ1n) is 13.9. The van der Waals surface area contributed by atoms with Gasteiger partial charge >= 0.3 is 0 Å². The molecule has 8 heteroatoms. The van der Waals surface area contributed by atoms with E-state index in [0.29, 0.717) is 42.6 Å². The maximum absolute atomic E-state index is 13.5. The third-order valence-corrected chi connectivity index (χ3v) is 9.44. The van der Waals surface area contributed by atoms with E-state index in [0.717, 1.165) is 54.7 Å². The number of aryl methyl sites for hydroxylation is 2. The second-order valence-corrected chi connectivity index (χ2v) is 12.7. The van der Waals surface area contributed by atoms with Gasteiger partial charge in [-0.2, -0.15) is 0 Å². The van der Waals surface area contributed by atoms with Crippen LogP contribution in [0.15, 0.2) is 36.4 Å². The number of carbonyl (C=O) groups excluding carboxylic acids is 2. The summed E-state index contributed by atoms with van der Waals surface area (Å²) in [4.78, 5) is 29.8. The van der Waals surface area contributed by atoms with Crippen LogP contribution in [0.25, 0.3) is 0 Å². The highest BCUT2D eigenvalue weighted by molar-refractivity contribution is 6.42. The van der Waals surface area contributed by atoms with E-state index in [-0.39, 0.29) is 17.7 Å². The lowest BCUT2D eigenvalue weighted by atomic mass is 9.73. The Hall–Kier alpha value is -2.12. The molecule has 2 fully saturated rings. The van der Waals surface area contributed by atoms with Gasteiger partial charge < -0.3 is 20.3 Å². The van der Waals surface area contributed by atoms with Gasteiger partial charge in [-0.05, 0) is 75.4 Å². The molecule has 0 aromatic heterocycles. The standard InChI is InChI=1S/C31H41Cl2N3O3/c1-21-15-22(2)17-23(16-21)18-28(37)36-13-14-39-31(20-36,25-5-6-26(32)27(33)19-25)9-12-35-10-7-24(8-11-35)30(3,4)29(34)38/h5-6,15-17,19,24H,7-14,18,20H2,1-4H3,(H2,34,38)/t31-/m0/s1. The van der Waals surface area contributed by atoms with E-state index in [9.17, 15) is 9.59 Å². The van der Waals surface area contributed by atoms with Crippen molar-refractivity contribution in [3.8, 4) is 0 Å². The van der Waals surface area contributed by atoms with Gasteiger partial charge in [-0.3, -0.25) is 9.59 Å². The first kappa shape index (κ1) is 29.9. The molecule has 2 aliphatic heterocycles. The molecule has 212 valence electrons. The van der Waals surface area contributed by atoms with Crippen molar-refractivity contribution in [2.24, 2.45) is 17.1 Å². The highest BCUT2D eigenvalue weighted by Gasteiger charge is 2.42. The number of carbonyl (C=O) groups is 2. The van der Waals surface area contributed by atoms with Crippen LogP contribution in [0.2, 0.25) is 10.0 Å². The molecule has 2 amide bonds. The third-order valence-electron chi connectivity index (χ3n) is 8.70. The number of hydrogen-bond acceptors (Lipinski definition) is 4. The van der Waals surface area contributed by atoms with Gasteiger partial charge in [-0.25, -0.2) is 0 Å². The number of morpholine rings is 1. The van der Waals surface area contributed by atoms with E-state index in [1.807, 2.05) is 30.9 Å². The largest absolute Gasteiger partial charge is 0.369 e. The lowest BCUT2D eigenvalue weighted by Crippen LogP contribution is -2.53. The van der Waals surface area contributed by atoms with E-state index >= 15 is 0 Å². The van der Waals surface area contributed by atoms with Gasteiger partial charge in [0.25, 0.3) is 0 Å². The predicted molar refractivity (Wildman–Crippen MR) is 157 cm³/mol. The van der Waals surface area contributed by atoms with Crippen LogP contribution >= 0.6 is 23.2 Å². The second kappa shape index (κ2) is 12.2. The maximum atomic E-state index is 13.5. The van der Waals surface area contributed by atoms with Crippen molar-refractivity contribution in [3.63, 3.8) is 0 Å². The minimum Gasteiger partial charge on any atom is -0.369 e. The number of rotatable bonds is 8. The van der Waals surface area contributed by atoms with Crippen LogP contribution in [0, 0.1) is 25.2 Å². The number of hydrogen-bond donors (Lipinski definition) is 1. The first-order valence-corrected chi connectivity index (χ1v) is 14.6. The van der Waals surface area contributed by atoms with Crippen LogP contribution < -0.4 is 5.73 Å². The topological polar surface area (TPSA) is 75.9 Å². The number of piperidine rings is 1. The Morgan fingerprint density at radius 2 is 1.69 bits per heavy atom. The van der Waals surface area contributed by atoms with Crippen molar-refractivity contribution in [2.75, 3.05) is 39.3 Å². The molecular formula is C31H41Cl2N3O3. The summed E-state index contributed by atoms with van der Waals surface area (Å²) in [6.07, 6.45) is 2.93. The number of primary amides is 1. The van der Waals surface area contributed by atoms with Crippen LogP contribution in [-0.2, 0) is 26.3 Å². The number of likely N-dealkylation sites (tertiary alicyclic amines) is 1. The van der Waals surface area contributed by atoms with Crippen molar-refractivity contribution in [1.29, 1.82) is 0 Å². The molecule has 0 aliphatic carbocycles. The maximum Gasteiger partial charge on any atom is 0.227 e. The van der Waals surface area contributed by atoms with Crippen LogP contribution in [0.4, 0.5) is 0 Å². The van der Waals surface area contributed by atoms with E-state index in [1.54, 1.807) is 6.07 Å². The van der Waals surface area contributed by atoms with Gasteiger partial charge in [0.05, 0.1) is 29.6 Å². The number of ether oxygens (including phenoxy) is 1. The van der Waals surface area contributed by atoms with E-state index in [2.05, 4.69) is 36.9 Å². The summed E-state index contributed by atoms with van der Waals surface area (Å²) < 4.78 is 6.53. The smallest absolute Gasteiger partial charge is 0.227 e. The molecule has 4 rings (SSSR count). The molecule has 0 bridgehead atoms. The van der Waals surface area contributed by atoms with Crippen LogP contribution in [0.3, 0.4) is 0 Å². The molecule has 2 aromatic rings. The summed E-state index contributed by atoms with van der Waals surface area (Å²) in [6.45, 7) is 12.1. The highest BCUT2D eigenvalue weighted by Crippen LogP contribution is 2.39. The fraction of sp³-hybridized carbons (Fsp3) is 0.548. The Labute approximate surface area is 242 Å². The monoisotopic (exact) mass is 573 g/mol. The number of nitrogens with two attached hydrogens (primary N) is 1. The molecule has 39 heavy (non-hydrogen) atoms. The zero-order valence-electron chi connectivity index (χ0n) is 23.6. The average molecular weight is 575 g/mol. The van der Waals surface area contributed by atoms with Gasteiger partial charge in [-0.15, -0.1) is 0 Å². The van der Waals surface area contributed by atoms with Crippen LogP contribution in [0.5, 0.6) is 0 Å². The SMILES string of the molecule is Cc1cc(C)cc(CC(=O)N2CCO[C@](CCN3CCC(C(C)(C)C(N)=O)CC3)(c3ccc(Cl)c(Cl)c3)C2)c1. The van der Waals surface area contributed by atoms with Crippen molar-refractivity contribution >= 4 is 35.0 Å². The zero-order valence-corrected chi connectivity index (χ0v) is 25.1. The molecular weight excluding hydrogens is 533 g/mol. The normalized spacial score (nSPS) is 21.2. The van der Waals surface area contributed by atoms with E-state index < -0.39 is 11.0 Å². The van der Waals surface area contributed by atoms with Crippen LogP contribution in [-0.4, -0.2) is 60.9 Å². The Bertz CT molecular complexity index is 1190. The molecule has 2 aliphatic rings. The molecule has 0 saturated carbocycles. The van der Waals surface area contributed by atoms with Crippen LogP contribution in [0.1, 0.15) is 55.4 Å². The van der Waals surface area contributed by atoms with E-state index in [1.165, 1.54) is 0 Å². The quantitative estimate of drug-likeness (QED) is 0.451. The van der Waals surface area contributed by atoms with Crippen molar-refractivity contribution in [1.82, 2.24) is 9.80 Å². The number of halogens is 2. The summed E-state index contributed by atoms with van der Waals surface area (Å²) in [6, 6.07) is 11.9. The summed E-state index contributed by atoms with van der Waals surface area (Å²) in [5.74, 6) is 0.141. The summed E-state index contributed by atoms with van der Waals surface area (Å²) in [5.41, 5.74) is 8.77. The molecule has 2 heterocycles. The van der Waals surface area contributed by atoms with Crippen molar-refractivity contribution in [3.05, 3.63) is 68.7 Å². The molecule has 2 N–H and O–H groups in total. The lowest BCUT2D eigenvalue weighted by Gasteiger charge is -2.45. The minimum absolute atomic E-state index is 0.0993. The van der Waals surface area contributed by atoms with Crippen molar-refractivity contribution < 1.29 is 14.3 Å². The molecule has 6 nitrogen and oxygen atoms in total. The lowest BCUT2D eigenvalue weighted by molar-refractivity contribution is -0.154. The minimum atomic E-state index is -0.687. The van der Waals surface area contributed by atoms with E-state index in [4.69, 9.17) is 33.7 Å². The first-order chi connectivity index (χ1) is 18.4. The number of benzene rings is 2. The number of amides is 2. The third kappa shape index (κ3) is 6.97. The molecule has 0 unspecified atom stereocenters. The van der Waals surface area contributed by atoms with Gasteiger partial charge in [0, 0.05) is 18.5 Å². The Balaban J connectivity index is 1.50. The molecule has 0 radical (unpaired) electrons. The second-order valence-electron chi connectivity index (χ2n) is 11.9. The molecule has 0 spiro atoms. The summed E-state index contributed by atoms with van der Waals surface area (Å²) in [5, 5.41) is 0.971. The zero-order chi connectivity index (χ0) is 28.4. The Morgan fingerprint density at radius 3 is 2.31 bits per heavy atom. The number of nitrogens with zero attached hydrogens (tertiary/aromatic N) is 2. The molecule has 1 atom stereocenters. The Kier molecular flexibility index (Phi) is 9.32. The Morgan fingerprint density at radius 1 is 1.03 bits per heavy atom. The summed E-state index contributed by atoms with van der Waals surface area (Å²) in [7, 11) is 0. The predicted octanol–water partition coefficient (Wildman–Crippen LogP) is 5.52. The molecule has 2 aromatic carbocycles. The fourth-order valence-corrected chi connectivity index (χ4v) is 6.42. The summed E-state index contributed by atoms with van der Waals surface area (Å²) >= 11 is 12.7. The van der Waals surface area contributed by atoms with Gasteiger partial charge in [0.1, 0.15) is 5.60 Å². The van der Waals surface area contributed by atoms with Gasteiger partial charge in [0.15, 0.2) is 0 Å². The fourth-order valence-electron chi connectivity index (χ4n) is 6.12.